The second-order valence-electron chi connectivity index (χ2n) is 4.34. The lowest BCUT2D eigenvalue weighted by Crippen LogP contribution is -2.22. The largest absolute Gasteiger partial charge is 0.459 e. The van der Waals surface area contributed by atoms with E-state index in [4.69, 9.17) is 4.74 Å². The Morgan fingerprint density at radius 1 is 1.53 bits per heavy atom. The quantitative estimate of drug-likeness (QED) is 0.664. The number of carbonyl (C=O) groups excluding carboxylic acids is 1. The van der Waals surface area contributed by atoms with E-state index < -0.39 is 0 Å². The van der Waals surface area contributed by atoms with E-state index in [2.05, 4.69) is 26.8 Å². The van der Waals surface area contributed by atoms with Crippen LogP contribution in [0.2, 0.25) is 0 Å². The number of esters is 1. The van der Waals surface area contributed by atoms with E-state index in [1.54, 1.807) is 0 Å². The SMILES string of the molecule is CCC(CC)OC(=O)C1=CCCC[C@H]1C. The third-order valence-electron chi connectivity index (χ3n) is 3.16. The standard InChI is InChI=1S/C13H22O2/c1-4-11(5-2)15-13(14)12-9-7-6-8-10(12)3/h9-11H,4-8H2,1-3H3/t10-/m1/s1. The summed E-state index contributed by atoms with van der Waals surface area (Å²) >= 11 is 0. The van der Waals surface area contributed by atoms with Gasteiger partial charge in [0.1, 0.15) is 6.10 Å². The summed E-state index contributed by atoms with van der Waals surface area (Å²) < 4.78 is 5.45. The van der Waals surface area contributed by atoms with Gasteiger partial charge in [-0.25, -0.2) is 4.79 Å². The summed E-state index contributed by atoms with van der Waals surface area (Å²) in [6.45, 7) is 6.22. The van der Waals surface area contributed by atoms with Gasteiger partial charge in [-0.3, -0.25) is 0 Å². The van der Waals surface area contributed by atoms with E-state index in [9.17, 15) is 4.79 Å². The zero-order valence-corrected chi connectivity index (χ0v) is 10.1. The summed E-state index contributed by atoms with van der Waals surface area (Å²) in [5.74, 6) is 0.288. The number of carbonyl (C=O) groups is 1. The van der Waals surface area contributed by atoms with Crippen LogP contribution in [0.3, 0.4) is 0 Å². The lowest BCUT2D eigenvalue weighted by Gasteiger charge is -2.21. The fourth-order valence-corrected chi connectivity index (χ4v) is 2.00. The molecule has 0 bridgehead atoms. The Bertz CT molecular complexity index is 239. The number of hydrogen-bond acceptors (Lipinski definition) is 2. The summed E-state index contributed by atoms with van der Waals surface area (Å²) in [6, 6.07) is 0. The van der Waals surface area contributed by atoms with Gasteiger partial charge in [-0.05, 0) is 38.0 Å². The van der Waals surface area contributed by atoms with Gasteiger partial charge in [0.25, 0.3) is 0 Å². The van der Waals surface area contributed by atoms with Gasteiger partial charge in [-0.2, -0.15) is 0 Å². The van der Waals surface area contributed by atoms with Crippen molar-refractivity contribution in [2.24, 2.45) is 5.92 Å². The minimum atomic E-state index is -0.0871. The molecule has 2 nitrogen and oxygen atoms in total. The molecule has 1 atom stereocenters. The van der Waals surface area contributed by atoms with Gasteiger partial charge >= 0.3 is 5.97 Å². The molecular weight excluding hydrogens is 188 g/mol. The van der Waals surface area contributed by atoms with Crippen LogP contribution in [0, 0.1) is 5.92 Å². The molecule has 0 heterocycles. The fraction of sp³-hybridized carbons (Fsp3) is 0.769. The molecule has 0 fully saturated rings. The summed E-state index contributed by atoms with van der Waals surface area (Å²) in [5, 5.41) is 0. The molecule has 0 aliphatic heterocycles. The van der Waals surface area contributed by atoms with Crippen molar-refractivity contribution >= 4 is 5.97 Å². The van der Waals surface area contributed by atoms with E-state index in [0.29, 0.717) is 5.92 Å². The van der Waals surface area contributed by atoms with Gasteiger partial charge in [0.2, 0.25) is 0 Å². The Kier molecular flexibility index (Phi) is 4.86. The van der Waals surface area contributed by atoms with Crippen LogP contribution in [-0.2, 0) is 9.53 Å². The maximum atomic E-state index is 11.8. The Morgan fingerprint density at radius 3 is 2.73 bits per heavy atom. The van der Waals surface area contributed by atoms with Crippen molar-refractivity contribution in [1.29, 1.82) is 0 Å². The van der Waals surface area contributed by atoms with Crippen molar-refractivity contribution in [3.8, 4) is 0 Å². The maximum Gasteiger partial charge on any atom is 0.334 e. The van der Waals surface area contributed by atoms with Gasteiger partial charge in [0.15, 0.2) is 0 Å². The number of allylic oxidation sites excluding steroid dienone is 1. The van der Waals surface area contributed by atoms with Gasteiger partial charge in [0, 0.05) is 5.57 Å². The van der Waals surface area contributed by atoms with Crippen molar-refractivity contribution in [3.63, 3.8) is 0 Å². The molecule has 0 saturated heterocycles. The van der Waals surface area contributed by atoms with Crippen LogP contribution in [0.1, 0.15) is 52.9 Å². The fourth-order valence-electron chi connectivity index (χ4n) is 2.00. The summed E-state index contributed by atoms with van der Waals surface area (Å²) in [5.41, 5.74) is 0.896. The second kappa shape index (κ2) is 5.94. The van der Waals surface area contributed by atoms with Crippen LogP contribution >= 0.6 is 0 Å². The molecule has 86 valence electrons. The highest BCUT2D eigenvalue weighted by molar-refractivity contribution is 5.89. The Balaban J connectivity index is 2.55. The predicted molar refractivity (Wildman–Crippen MR) is 61.6 cm³/mol. The Labute approximate surface area is 92.7 Å². The van der Waals surface area contributed by atoms with Gasteiger partial charge in [0.05, 0.1) is 0 Å². The zero-order valence-electron chi connectivity index (χ0n) is 10.1. The normalized spacial score (nSPS) is 21.3. The number of ether oxygens (including phenoxy) is 1. The summed E-state index contributed by atoms with van der Waals surface area (Å²) in [7, 11) is 0. The van der Waals surface area contributed by atoms with E-state index in [1.807, 2.05) is 0 Å². The van der Waals surface area contributed by atoms with Crippen molar-refractivity contribution in [1.82, 2.24) is 0 Å². The third-order valence-corrected chi connectivity index (χ3v) is 3.16. The average molecular weight is 210 g/mol. The van der Waals surface area contributed by atoms with E-state index in [1.165, 1.54) is 6.42 Å². The van der Waals surface area contributed by atoms with Crippen LogP contribution in [-0.4, -0.2) is 12.1 Å². The van der Waals surface area contributed by atoms with E-state index in [0.717, 1.165) is 31.3 Å². The van der Waals surface area contributed by atoms with Crippen molar-refractivity contribution < 1.29 is 9.53 Å². The lowest BCUT2D eigenvalue weighted by atomic mass is 9.89. The number of hydrogen-bond donors (Lipinski definition) is 0. The third kappa shape index (κ3) is 3.37. The monoisotopic (exact) mass is 210 g/mol. The van der Waals surface area contributed by atoms with Crippen LogP contribution in [0.4, 0.5) is 0 Å². The first-order valence-corrected chi connectivity index (χ1v) is 6.10. The molecule has 1 aliphatic rings. The predicted octanol–water partition coefficient (Wildman–Crippen LogP) is 3.46. The first kappa shape index (κ1) is 12.3. The molecule has 0 aromatic heterocycles. The van der Waals surface area contributed by atoms with Crippen molar-refractivity contribution in [2.45, 2.75) is 59.0 Å². The molecule has 0 unspecified atom stereocenters. The second-order valence-corrected chi connectivity index (χ2v) is 4.34. The van der Waals surface area contributed by atoms with E-state index in [-0.39, 0.29) is 12.1 Å². The first-order chi connectivity index (χ1) is 7.19. The van der Waals surface area contributed by atoms with Crippen LogP contribution in [0.15, 0.2) is 11.6 Å². The molecule has 0 N–H and O–H groups in total. The number of rotatable bonds is 4. The summed E-state index contributed by atoms with van der Waals surface area (Å²) in [6.07, 6.45) is 7.30. The smallest absolute Gasteiger partial charge is 0.334 e. The molecular formula is C13H22O2. The Hall–Kier alpha value is -0.790. The molecule has 0 amide bonds. The molecule has 1 aliphatic carbocycles. The molecule has 0 radical (unpaired) electrons. The van der Waals surface area contributed by atoms with E-state index >= 15 is 0 Å². The van der Waals surface area contributed by atoms with Gasteiger partial charge < -0.3 is 4.74 Å². The summed E-state index contributed by atoms with van der Waals surface area (Å²) in [4.78, 5) is 11.8. The first-order valence-electron chi connectivity index (χ1n) is 6.10. The zero-order chi connectivity index (χ0) is 11.3. The highest BCUT2D eigenvalue weighted by Gasteiger charge is 2.22. The minimum absolute atomic E-state index is 0.0871. The molecule has 15 heavy (non-hydrogen) atoms. The molecule has 0 spiro atoms. The van der Waals surface area contributed by atoms with Crippen LogP contribution < -0.4 is 0 Å². The highest BCUT2D eigenvalue weighted by Crippen LogP contribution is 2.25. The van der Waals surface area contributed by atoms with Crippen LogP contribution in [0.25, 0.3) is 0 Å². The topological polar surface area (TPSA) is 26.3 Å². The van der Waals surface area contributed by atoms with Crippen molar-refractivity contribution in [3.05, 3.63) is 11.6 Å². The molecule has 2 heteroatoms. The lowest BCUT2D eigenvalue weighted by molar-refractivity contribution is -0.145. The molecule has 1 rings (SSSR count). The molecule has 0 saturated carbocycles. The van der Waals surface area contributed by atoms with Crippen molar-refractivity contribution in [2.75, 3.05) is 0 Å². The van der Waals surface area contributed by atoms with Crippen LogP contribution in [0.5, 0.6) is 0 Å². The molecule has 0 aromatic carbocycles. The van der Waals surface area contributed by atoms with Gasteiger partial charge in [-0.15, -0.1) is 0 Å². The Morgan fingerprint density at radius 2 is 2.20 bits per heavy atom. The van der Waals surface area contributed by atoms with Gasteiger partial charge in [-0.1, -0.05) is 26.8 Å². The average Bonchev–Trinajstić information content (AvgIpc) is 2.26. The highest BCUT2D eigenvalue weighted by atomic mass is 16.5. The maximum absolute atomic E-state index is 11.8. The molecule has 0 aromatic rings. The minimum Gasteiger partial charge on any atom is -0.459 e.